The Kier molecular flexibility index (Phi) is 12.0. The fraction of sp³-hybridized carbons (Fsp3) is 0.867. The van der Waals surface area contributed by atoms with Crippen LogP contribution in [0.3, 0.4) is 0 Å². The molecule has 0 saturated heterocycles. The molecule has 0 amide bonds. The predicted molar refractivity (Wildman–Crippen MR) is 83.8 cm³/mol. The van der Waals surface area contributed by atoms with Gasteiger partial charge in [0.05, 0.1) is 12.1 Å². The van der Waals surface area contributed by atoms with E-state index in [4.69, 9.17) is 10.5 Å². The molecule has 0 fully saturated rings. The third-order valence-corrected chi connectivity index (χ3v) is 5.05. The zero-order chi connectivity index (χ0) is 16.0. The lowest BCUT2D eigenvalue weighted by Gasteiger charge is -2.11. The van der Waals surface area contributed by atoms with Crippen molar-refractivity contribution in [2.45, 2.75) is 76.4 Å². The standard InChI is InChI=1S/C15H27N3O2S/c1-2-3-4-5-6-8-11-15(14-17)21(19,20)18-13-10-7-9-12-16/h15,18H,2-11,13H2,1H3. The summed E-state index contributed by atoms with van der Waals surface area (Å²) in [5, 5.41) is 16.5. The molecule has 1 N–H and O–H groups in total. The minimum absolute atomic E-state index is 0.304. The summed E-state index contributed by atoms with van der Waals surface area (Å²) in [5.41, 5.74) is 0. The third-order valence-electron chi connectivity index (χ3n) is 3.36. The first-order chi connectivity index (χ1) is 10.1. The summed E-state index contributed by atoms with van der Waals surface area (Å²) in [5.74, 6) is 0. The van der Waals surface area contributed by atoms with Crippen LogP contribution in [0.2, 0.25) is 0 Å². The summed E-state index contributed by atoms with van der Waals surface area (Å²) in [7, 11) is -3.55. The molecule has 120 valence electrons. The van der Waals surface area contributed by atoms with Gasteiger partial charge in [0, 0.05) is 13.0 Å². The molecular weight excluding hydrogens is 286 g/mol. The monoisotopic (exact) mass is 313 g/mol. The summed E-state index contributed by atoms with van der Waals surface area (Å²) in [6, 6.07) is 3.91. The average molecular weight is 313 g/mol. The Morgan fingerprint density at radius 1 is 1.00 bits per heavy atom. The Labute approximate surface area is 129 Å². The number of nitriles is 2. The molecule has 0 bridgehead atoms. The van der Waals surface area contributed by atoms with Crippen molar-refractivity contribution in [3.8, 4) is 12.1 Å². The molecule has 0 heterocycles. The molecule has 0 aliphatic carbocycles. The molecule has 1 atom stereocenters. The van der Waals surface area contributed by atoms with Crippen LogP contribution < -0.4 is 4.72 Å². The normalized spacial score (nSPS) is 12.5. The summed E-state index contributed by atoms with van der Waals surface area (Å²) in [6.07, 6.45) is 8.57. The number of rotatable bonds is 13. The van der Waals surface area contributed by atoms with Crippen molar-refractivity contribution in [3.63, 3.8) is 0 Å². The van der Waals surface area contributed by atoms with Gasteiger partial charge in [-0.3, -0.25) is 0 Å². The number of sulfonamides is 1. The highest BCUT2D eigenvalue weighted by molar-refractivity contribution is 7.90. The second-order valence-corrected chi connectivity index (χ2v) is 7.18. The van der Waals surface area contributed by atoms with Crippen LogP contribution in [-0.2, 0) is 10.0 Å². The van der Waals surface area contributed by atoms with Gasteiger partial charge in [0.2, 0.25) is 10.0 Å². The van der Waals surface area contributed by atoms with Crippen molar-refractivity contribution in [1.82, 2.24) is 4.72 Å². The Hall–Kier alpha value is -1.11. The van der Waals surface area contributed by atoms with Crippen LogP contribution in [-0.4, -0.2) is 20.2 Å². The maximum Gasteiger partial charge on any atom is 0.227 e. The highest BCUT2D eigenvalue weighted by Gasteiger charge is 2.23. The van der Waals surface area contributed by atoms with Crippen LogP contribution in [0.1, 0.15) is 71.1 Å². The first-order valence-electron chi connectivity index (χ1n) is 7.83. The van der Waals surface area contributed by atoms with E-state index in [1.807, 2.05) is 12.1 Å². The summed E-state index contributed by atoms with van der Waals surface area (Å²) in [4.78, 5) is 0. The van der Waals surface area contributed by atoms with Gasteiger partial charge in [0.15, 0.2) is 5.25 Å². The highest BCUT2D eigenvalue weighted by atomic mass is 32.2. The molecule has 5 nitrogen and oxygen atoms in total. The van der Waals surface area contributed by atoms with Gasteiger partial charge >= 0.3 is 0 Å². The van der Waals surface area contributed by atoms with Crippen molar-refractivity contribution in [1.29, 1.82) is 10.5 Å². The van der Waals surface area contributed by atoms with E-state index in [-0.39, 0.29) is 0 Å². The Bertz CT molecular complexity index is 435. The van der Waals surface area contributed by atoms with Gasteiger partial charge in [-0.1, -0.05) is 45.4 Å². The van der Waals surface area contributed by atoms with E-state index in [1.54, 1.807) is 0 Å². The molecule has 21 heavy (non-hydrogen) atoms. The molecule has 0 aromatic rings. The smallest absolute Gasteiger partial charge is 0.214 e. The van der Waals surface area contributed by atoms with Gasteiger partial charge in [-0.2, -0.15) is 10.5 Å². The van der Waals surface area contributed by atoms with E-state index in [2.05, 4.69) is 11.6 Å². The lowest BCUT2D eigenvalue weighted by Crippen LogP contribution is -2.34. The van der Waals surface area contributed by atoms with E-state index in [0.29, 0.717) is 32.2 Å². The van der Waals surface area contributed by atoms with Crippen molar-refractivity contribution < 1.29 is 8.42 Å². The van der Waals surface area contributed by atoms with Crippen LogP contribution in [0.4, 0.5) is 0 Å². The zero-order valence-corrected chi connectivity index (χ0v) is 13.8. The molecule has 1 unspecified atom stereocenters. The molecule has 0 radical (unpaired) electrons. The fourth-order valence-electron chi connectivity index (χ4n) is 2.04. The summed E-state index contributed by atoms with van der Waals surface area (Å²) >= 11 is 0. The average Bonchev–Trinajstić information content (AvgIpc) is 2.46. The number of nitrogens with zero attached hydrogens (tertiary/aromatic N) is 2. The molecular formula is C15H27N3O2S. The van der Waals surface area contributed by atoms with E-state index in [0.717, 1.165) is 19.3 Å². The second-order valence-electron chi connectivity index (χ2n) is 5.23. The second kappa shape index (κ2) is 12.6. The van der Waals surface area contributed by atoms with Gasteiger partial charge < -0.3 is 0 Å². The van der Waals surface area contributed by atoms with Crippen LogP contribution >= 0.6 is 0 Å². The summed E-state index contributed by atoms with van der Waals surface area (Å²) in [6.45, 7) is 2.46. The molecule has 0 spiro atoms. The number of nitrogens with one attached hydrogen (secondary N) is 1. The highest BCUT2D eigenvalue weighted by Crippen LogP contribution is 2.12. The maximum atomic E-state index is 12.0. The predicted octanol–water partition coefficient (Wildman–Crippen LogP) is 3.24. The zero-order valence-electron chi connectivity index (χ0n) is 13.0. The van der Waals surface area contributed by atoms with Crippen LogP contribution in [0.25, 0.3) is 0 Å². The SMILES string of the molecule is CCCCCCCCC(C#N)S(=O)(=O)NCCCCC#N. The lowest BCUT2D eigenvalue weighted by atomic mass is 10.1. The van der Waals surface area contributed by atoms with Crippen LogP contribution in [0.5, 0.6) is 0 Å². The molecule has 0 aliphatic rings. The van der Waals surface area contributed by atoms with Crippen molar-refractivity contribution in [3.05, 3.63) is 0 Å². The Morgan fingerprint density at radius 3 is 2.29 bits per heavy atom. The number of hydrogen-bond donors (Lipinski definition) is 1. The van der Waals surface area contributed by atoms with Crippen LogP contribution in [0, 0.1) is 22.7 Å². The Morgan fingerprint density at radius 2 is 1.67 bits per heavy atom. The molecule has 0 rings (SSSR count). The van der Waals surface area contributed by atoms with Crippen molar-refractivity contribution >= 4 is 10.0 Å². The minimum Gasteiger partial charge on any atom is -0.214 e. The molecule has 6 heteroatoms. The van der Waals surface area contributed by atoms with Gasteiger partial charge in [-0.25, -0.2) is 13.1 Å². The first kappa shape index (κ1) is 19.9. The lowest BCUT2D eigenvalue weighted by molar-refractivity contribution is 0.552. The van der Waals surface area contributed by atoms with E-state index in [1.165, 1.54) is 19.3 Å². The van der Waals surface area contributed by atoms with Gasteiger partial charge in [-0.05, 0) is 19.3 Å². The third kappa shape index (κ3) is 10.3. The van der Waals surface area contributed by atoms with E-state index >= 15 is 0 Å². The minimum atomic E-state index is -3.55. The topological polar surface area (TPSA) is 93.8 Å². The molecule has 0 aromatic heterocycles. The van der Waals surface area contributed by atoms with E-state index in [9.17, 15) is 8.42 Å². The molecule has 0 saturated carbocycles. The molecule has 0 aromatic carbocycles. The summed E-state index contributed by atoms with van der Waals surface area (Å²) < 4.78 is 26.4. The fourth-order valence-corrected chi connectivity index (χ4v) is 3.29. The number of unbranched alkanes of at least 4 members (excludes halogenated alkanes) is 7. The quantitative estimate of drug-likeness (QED) is 0.528. The molecule has 0 aliphatic heterocycles. The van der Waals surface area contributed by atoms with Gasteiger partial charge in [-0.15, -0.1) is 0 Å². The first-order valence-corrected chi connectivity index (χ1v) is 9.38. The van der Waals surface area contributed by atoms with Crippen molar-refractivity contribution in [2.75, 3.05) is 6.54 Å². The van der Waals surface area contributed by atoms with E-state index < -0.39 is 15.3 Å². The Balaban J connectivity index is 3.96. The van der Waals surface area contributed by atoms with Gasteiger partial charge in [0.1, 0.15) is 0 Å². The van der Waals surface area contributed by atoms with Crippen molar-refractivity contribution in [2.24, 2.45) is 0 Å². The number of hydrogen-bond acceptors (Lipinski definition) is 4. The largest absolute Gasteiger partial charge is 0.227 e. The van der Waals surface area contributed by atoms with Gasteiger partial charge in [0.25, 0.3) is 0 Å². The maximum absolute atomic E-state index is 12.0. The van der Waals surface area contributed by atoms with Crippen LogP contribution in [0.15, 0.2) is 0 Å².